The van der Waals surface area contributed by atoms with Gasteiger partial charge in [0.25, 0.3) is 5.91 Å². The number of hydrogen-bond acceptors (Lipinski definition) is 3. The summed E-state index contributed by atoms with van der Waals surface area (Å²) >= 11 is 0. The molecule has 1 saturated heterocycles. The minimum Gasteiger partial charge on any atom is -0.376 e. The second-order valence-corrected chi connectivity index (χ2v) is 7.84. The normalized spacial score (nSPS) is 20.2. The number of pyridine rings is 1. The number of ether oxygens (including phenoxy) is 1. The first-order chi connectivity index (χ1) is 13.8. The molecule has 1 N–H and O–H groups in total. The second kappa shape index (κ2) is 7.43. The van der Waals surface area contributed by atoms with Crippen LogP contribution in [0, 0.1) is 0 Å². The number of amides is 1. The minimum absolute atomic E-state index is 0.0441. The molecule has 1 aliphatic carbocycles. The lowest BCUT2D eigenvalue weighted by atomic mass is 10.2. The van der Waals surface area contributed by atoms with E-state index in [1.54, 1.807) is 0 Å². The summed E-state index contributed by atoms with van der Waals surface area (Å²) in [6.45, 7) is 1.36. The van der Waals surface area contributed by atoms with Gasteiger partial charge in [0.2, 0.25) is 0 Å². The number of aromatic nitrogens is 3. The third-order valence-electron chi connectivity index (χ3n) is 6.04. The Balaban J connectivity index is 1.49. The van der Waals surface area contributed by atoms with E-state index in [4.69, 9.17) is 4.74 Å². The first kappa shape index (κ1) is 17.5. The Morgan fingerprint density at radius 3 is 2.86 bits per heavy atom. The molecule has 6 nitrogen and oxygen atoms in total. The molecule has 146 valence electrons. The molecule has 0 radical (unpaired) electrons. The summed E-state index contributed by atoms with van der Waals surface area (Å²) in [6, 6.07) is 10.5. The summed E-state index contributed by atoms with van der Waals surface area (Å²) in [5, 5.41) is 7.67. The smallest absolute Gasteiger partial charge is 0.253 e. The van der Waals surface area contributed by atoms with Crippen LogP contribution in [0.3, 0.4) is 0 Å². The highest BCUT2D eigenvalue weighted by molar-refractivity contribution is 6.02. The second-order valence-electron chi connectivity index (χ2n) is 7.84. The fourth-order valence-corrected chi connectivity index (χ4v) is 4.60. The van der Waals surface area contributed by atoms with Gasteiger partial charge in [-0.1, -0.05) is 18.9 Å². The van der Waals surface area contributed by atoms with Crippen molar-refractivity contribution < 1.29 is 9.53 Å². The maximum absolute atomic E-state index is 12.9. The Morgan fingerprint density at radius 2 is 2.04 bits per heavy atom. The van der Waals surface area contributed by atoms with Crippen LogP contribution in [0.25, 0.3) is 16.9 Å². The van der Waals surface area contributed by atoms with Crippen molar-refractivity contribution in [3.8, 4) is 11.4 Å². The predicted octanol–water partition coefficient (Wildman–Crippen LogP) is 3.83. The molecule has 2 aliphatic rings. The molecule has 0 aromatic carbocycles. The molecule has 28 heavy (non-hydrogen) atoms. The van der Waals surface area contributed by atoms with Crippen LogP contribution in [0.15, 0.2) is 42.7 Å². The maximum atomic E-state index is 12.9. The Morgan fingerprint density at radius 1 is 1.14 bits per heavy atom. The molecule has 1 unspecified atom stereocenters. The highest BCUT2D eigenvalue weighted by Crippen LogP contribution is 2.34. The zero-order valence-corrected chi connectivity index (χ0v) is 16.0. The lowest BCUT2D eigenvalue weighted by Gasteiger charge is -2.14. The molecule has 1 aliphatic heterocycles. The first-order valence-electron chi connectivity index (χ1n) is 10.3. The quantitative estimate of drug-likeness (QED) is 0.734. The van der Waals surface area contributed by atoms with Crippen LogP contribution in [0.1, 0.15) is 54.9 Å². The fourth-order valence-electron chi connectivity index (χ4n) is 4.60. The maximum Gasteiger partial charge on any atom is 0.253 e. The average Bonchev–Trinajstić information content (AvgIpc) is 3.52. The van der Waals surface area contributed by atoms with Gasteiger partial charge < -0.3 is 14.5 Å². The van der Waals surface area contributed by atoms with E-state index in [9.17, 15) is 4.79 Å². The van der Waals surface area contributed by atoms with Crippen LogP contribution >= 0.6 is 0 Å². The van der Waals surface area contributed by atoms with Gasteiger partial charge in [-0.15, -0.1) is 0 Å². The van der Waals surface area contributed by atoms with E-state index in [2.05, 4.69) is 25.6 Å². The van der Waals surface area contributed by atoms with E-state index >= 15 is 0 Å². The summed E-state index contributed by atoms with van der Waals surface area (Å²) in [5.41, 5.74) is 3.71. The number of rotatable bonds is 5. The van der Waals surface area contributed by atoms with Gasteiger partial charge in [0, 0.05) is 25.5 Å². The van der Waals surface area contributed by atoms with E-state index in [-0.39, 0.29) is 12.0 Å². The largest absolute Gasteiger partial charge is 0.376 e. The molecule has 1 saturated carbocycles. The van der Waals surface area contributed by atoms with Gasteiger partial charge in [0.1, 0.15) is 0 Å². The molecule has 5 rings (SSSR count). The highest BCUT2D eigenvalue weighted by Gasteiger charge is 2.24. The van der Waals surface area contributed by atoms with Crippen LogP contribution < -0.4 is 5.32 Å². The summed E-state index contributed by atoms with van der Waals surface area (Å²) in [5.74, 6) is -0.0441. The Labute approximate surface area is 164 Å². The lowest BCUT2D eigenvalue weighted by Crippen LogP contribution is -2.31. The standard InChI is InChI=1S/C22H26N4O2/c27-22(23-15-17-8-5-13-28-17)18-14-21(25-12-4-3-9-19(18)25)20-10-11-24-26(20)16-6-1-2-7-16/h3-4,9-12,14,16-17H,1-2,5-8,13,15H2,(H,23,27). The first-order valence-corrected chi connectivity index (χ1v) is 10.3. The minimum atomic E-state index is -0.0441. The molecular weight excluding hydrogens is 352 g/mol. The predicted molar refractivity (Wildman–Crippen MR) is 107 cm³/mol. The van der Waals surface area contributed by atoms with Crippen molar-refractivity contribution in [2.75, 3.05) is 13.2 Å². The molecule has 3 aromatic rings. The van der Waals surface area contributed by atoms with Crippen molar-refractivity contribution in [2.24, 2.45) is 0 Å². The molecule has 0 spiro atoms. The van der Waals surface area contributed by atoms with Crippen molar-refractivity contribution in [3.05, 3.63) is 48.3 Å². The van der Waals surface area contributed by atoms with E-state index < -0.39 is 0 Å². The van der Waals surface area contributed by atoms with Crippen LogP contribution in [-0.2, 0) is 4.74 Å². The van der Waals surface area contributed by atoms with E-state index in [0.717, 1.165) is 36.4 Å². The third kappa shape index (κ3) is 3.11. The molecular formula is C22H26N4O2. The topological polar surface area (TPSA) is 60.6 Å². The van der Waals surface area contributed by atoms with Gasteiger partial charge >= 0.3 is 0 Å². The highest BCUT2D eigenvalue weighted by atomic mass is 16.5. The summed E-state index contributed by atoms with van der Waals surface area (Å²) in [7, 11) is 0. The number of carbonyl (C=O) groups excluding carboxylic acids is 1. The molecule has 0 bridgehead atoms. The van der Waals surface area contributed by atoms with Crippen LogP contribution in [0.2, 0.25) is 0 Å². The van der Waals surface area contributed by atoms with Gasteiger partial charge in [-0.05, 0) is 49.9 Å². The number of carbonyl (C=O) groups is 1. The van der Waals surface area contributed by atoms with E-state index in [0.29, 0.717) is 18.2 Å². The number of fused-ring (bicyclic) bond motifs is 1. The van der Waals surface area contributed by atoms with Crippen molar-refractivity contribution >= 4 is 11.4 Å². The summed E-state index contributed by atoms with van der Waals surface area (Å²) in [4.78, 5) is 12.9. The fraction of sp³-hybridized carbons (Fsp3) is 0.455. The zero-order valence-electron chi connectivity index (χ0n) is 16.0. The van der Waals surface area contributed by atoms with Gasteiger partial charge in [-0.2, -0.15) is 5.10 Å². The molecule has 2 fully saturated rings. The lowest BCUT2D eigenvalue weighted by molar-refractivity contribution is 0.0859. The SMILES string of the molecule is O=C(NCC1CCCO1)c1cc(-c2ccnn2C2CCCC2)n2ccccc12. The molecule has 1 atom stereocenters. The Hall–Kier alpha value is -2.60. The molecule has 4 heterocycles. The Kier molecular flexibility index (Phi) is 4.64. The average molecular weight is 378 g/mol. The van der Waals surface area contributed by atoms with Gasteiger partial charge in [-0.3, -0.25) is 9.48 Å². The van der Waals surface area contributed by atoms with Crippen molar-refractivity contribution in [1.29, 1.82) is 0 Å². The van der Waals surface area contributed by atoms with Gasteiger partial charge in [-0.25, -0.2) is 0 Å². The van der Waals surface area contributed by atoms with E-state index in [1.807, 2.05) is 36.7 Å². The van der Waals surface area contributed by atoms with Crippen molar-refractivity contribution in [2.45, 2.75) is 50.7 Å². The van der Waals surface area contributed by atoms with Gasteiger partial charge in [0.05, 0.1) is 34.6 Å². The zero-order chi connectivity index (χ0) is 18.9. The van der Waals surface area contributed by atoms with Crippen molar-refractivity contribution in [3.63, 3.8) is 0 Å². The van der Waals surface area contributed by atoms with Gasteiger partial charge in [0.15, 0.2) is 0 Å². The third-order valence-corrected chi connectivity index (χ3v) is 6.04. The van der Waals surface area contributed by atoms with Crippen LogP contribution in [0.4, 0.5) is 0 Å². The van der Waals surface area contributed by atoms with E-state index in [1.165, 1.54) is 25.7 Å². The number of nitrogens with zero attached hydrogens (tertiary/aromatic N) is 3. The molecule has 1 amide bonds. The Bertz CT molecular complexity index is 978. The number of nitrogens with one attached hydrogen (secondary N) is 1. The summed E-state index contributed by atoms with van der Waals surface area (Å²) < 4.78 is 9.88. The molecule has 3 aromatic heterocycles. The van der Waals surface area contributed by atoms with Crippen LogP contribution in [0.5, 0.6) is 0 Å². The van der Waals surface area contributed by atoms with Crippen molar-refractivity contribution in [1.82, 2.24) is 19.5 Å². The monoisotopic (exact) mass is 378 g/mol. The number of hydrogen-bond donors (Lipinski definition) is 1. The van der Waals surface area contributed by atoms with Crippen LogP contribution in [-0.4, -0.2) is 39.3 Å². The summed E-state index contributed by atoms with van der Waals surface area (Å²) in [6.07, 6.45) is 11.0. The molecule has 6 heteroatoms.